The van der Waals surface area contributed by atoms with Crippen molar-refractivity contribution < 1.29 is 9.84 Å². The fraction of sp³-hybridized carbons (Fsp3) is 0.600. The number of ether oxygens (including phenoxy) is 1. The summed E-state index contributed by atoms with van der Waals surface area (Å²) in [6, 6.07) is 4.30. The van der Waals surface area contributed by atoms with Gasteiger partial charge in [-0.05, 0) is 51.8 Å². The number of rotatable bonds is 6. The van der Waals surface area contributed by atoms with Gasteiger partial charge in [0.1, 0.15) is 5.75 Å². The third-order valence-corrected chi connectivity index (χ3v) is 3.09. The lowest BCUT2D eigenvalue weighted by molar-refractivity contribution is 0.189. The molecular weight excluding hydrogens is 226 g/mol. The smallest absolute Gasteiger partial charge is 0.125 e. The third kappa shape index (κ3) is 4.00. The van der Waals surface area contributed by atoms with Gasteiger partial charge in [0.15, 0.2) is 0 Å². The van der Waals surface area contributed by atoms with Crippen LogP contribution in [-0.4, -0.2) is 30.9 Å². The summed E-state index contributed by atoms with van der Waals surface area (Å²) in [6.45, 7) is 9.11. The van der Waals surface area contributed by atoms with Gasteiger partial charge in [0.25, 0.3) is 0 Å². The zero-order valence-electron chi connectivity index (χ0n) is 12.1. The molecule has 1 aromatic carbocycles. The van der Waals surface area contributed by atoms with Crippen molar-refractivity contribution in [2.75, 3.05) is 20.3 Å². The lowest BCUT2D eigenvalue weighted by Gasteiger charge is -2.24. The van der Waals surface area contributed by atoms with Crippen LogP contribution in [0.2, 0.25) is 0 Å². The van der Waals surface area contributed by atoms with E-state index >= 15 is 0 Å². The van der Waals surface area contributed by atoms with Gasteiger partial charge in [-0.15, -0.1) is 0 Å². The summed E-state index contributed by atoms with van der Waals surface area (Å²) in [5.74, 6) is 0.976. The fourth-order valence-electron chi connectivity index (χ4n) is 2.11. The zero-order chi connectivity index (χ0) is 13.8. The van der Waals surface area contributed by atoms with Crippen LogP contribution in [0.5, 0.6) is 5.75 Å². The van der Waals surface area contributed by atoms with E-state index in [-0.39, 0.29) is 12.1 Å². The number of aliphatic hydroxyl groups is 1. The molecule has 0 aromatic heterocycles. The van der Waals surface area contributed by atoms with Gasteiger partial charge in [-0.2, -0.15) is 0 Å². The molecule has 0 unspecified atom stereocenters. The molecule has 18 heavy (non-hydrogen) atoms. The first kappa shape index (κ1) is 15.0. The molecule has 0 atom stereocenters. The average Bonchev–Trinajstić information content (AvgIpc) is 2.28. The Morgan fingerprint density at radius 1 is 1.28 bits per heavy atom. The Balaban J connectivity index is 2.73. The maximum atomic E-state index is 9.19. The van der Waals surface area contributed by atoms with Crippen LogP contribution in [0.3, 0.4) is 0 Å². The van der Waals surface area contributed by atoms with Crippen molar-refractivity contribution in [3.8, 4) is 5.75 Å². The standard InChI is InChI=1S/C15H25NO2/c1-11-8-12(2)14(18-5)13(9-11)6-7-16-15(3,4)10-17/h8-9,16-17H,6-7,10H2,1-5H3. The summed E-state index contributed by atoms with van der Waals surface area (Å²) in [4.78, 5) is 0. The Labute approximate surface area is 110 Å². The number of hydrogen-bond acceptors (Lipinski definition) is 3. The van der Waals surface area contributed by atoms with Crippen LogP contribution in [0.15, 0.2) is 12.1 Å². The van der Waals surface area contributed by atoms with E-state index in [1.54, 1.807) is 7.11 Å². The molecule has 3 heteroatoms. The topological polar surface area (TPSA) is 41.5 Å². The quantitative estimate of drug-likeness (QED) is 0.814. The SMILES string of the molecule is COc1c(C)cc(C)cc1CCNC(C)(C)CO. The zero-order valence-corrected chi connectivity index (χ0v) is 12.1. The molecule has 0 aliphatic rings. The molecule has 1 rings (SSSR count). The molecule has 0 saturated carbocycles. The second-order valence-electron chi connectivity index (χ2n) is 5.49. The van der Waals surface area contributed by atoms with Crippen LogP contribution < -0.4 is 10.1 Å². The highest BCUT2D eigenvalue weighted by molar-refractivity contribution is 5.43. The molecule has 0 radical (unpaired) electrons. The Kier molecular flexibility index (Phi) is 5.17. The van der Waals surface area contributed by atoms with Gasteiger partial charge in [0.05, 0.1) is 13.7 Å². The number of nitrogens with one attached hydrogen (secondary N) is 1. The first-order valence-corrected chi connectivity index (χ1v) is 6.39. The predicted molar refractivity (Wildman–Crippen MR) is 75.3 cm³/mol. The predicted octanol–water partition coefficient (Wildman–Crippen LogP) is 2.22. The monoisotopic (exact) mass is 251 g/mol. The molecule has 0 spiro atoms. The lowest BCUT2D eigenvalue weighted by atomic mass is 10.0. The van der Waals surface area contributed by atoms with Crippen LogP contribution >= 0.6 is 0 Å². The summed E-state index contributed by atoms with van der Waals surface area (Å²) < 4.78 is 5.46. The van der Waals surface area contributed by atoms with Gasteiger partial charge in [-0.25, -0.2) is 0 Å². The van der Waals surface area contributed by atoms with Crippen molar-refractivity contribution in [1.29, 1.82) is 0 Å². The van der Waals surface area contributed by atoms with Gasteiger partial charge in [0.2, 0.25) is 0 Å². The van der Waals surface area contributed by atoms with Crippen molar-refractivity contribution in [2.24, 2.45) is 0 Å². The van der Waals surface area contributed by atoms with Crippen molar-refractivity contribution in [3.63, 3.8) is 0 Å². The lowest BCUT2D eigenvalue weighted by Crippen LogP contribution is -2.43. The van der Waals surface area contributed by atoms with E-state index in [9.17, 15) is 5.11 Å². The fourth-order valence-corrected chi connectivity index (χ4v) is 2.11. The molecule has 0 heterocycles. The van der Waals surface area contributed by atoms with Gasteiger partial charge < -0.3 is 15.2 Å². The maximum Gasteiger partial charge on any atom is 0.125 e. The molecule has 0 amide bonds. The molecule has 102 valence electrons. The van der Waals surface area contributed by atoms with Crippen LogP contribution in [0.25, 0.3) is 0 Å². The maximum absolute atomic E-state index is 9.19. The van der Waals surface area contributed by atoms with E-state index in [2.05, 4.69) is 31.3 Å². The number of hydrogen-bond donors (Lipinski definition) is 2. The minimum atomic E-state index is -0.230. The molecule has 1 aromatic rings. The van der Waals surface area contributed by atoms with Crippen molar-refractivity contribution in [3.05, 3.63) is 28.8 Å². The molecule has 0 aliphatic carbocycles. The molecule has 0 saturated heterocycles. The first-order valence-electron chi connectivity index (χ1n) is 6.39. The Morgan fingerprint density at radius 2 is 1.94 bits per heavy atom. The van der Waals surface area contributed by atoms with Gasteiger partial charge in [-0.1, -0.05) is 17.7 Å². The molecule has 0 aliphatic heterocycles. The number of methoxy groups -OCH3 is 1. The van der Waals surface area contributed by atoms with Crippen molar-refractivity contribution in [2.45, 2.75) is 39.7 Å². The molecular formula is C15H25NO2. The third-order valence-electron chi connectivity index (χ3n) is 3.09. The molecule has 3 nitrogen and oxygen atoms in total. The van der Waals surface area contributed by atoms with Crippen LogP contribution in [0.1, 0.15) is 30.5 Å². The summed E-state index contributed by atoms with van der Waals surface area (Å²) in [5.41, 5.74) is 3.42. The van der Waals surface area contributed by atoms with Crippen molar-refractivity contribution >= 4 is 0 Å². The van der Waals surface area contributed by atoms with Crippen LogP contribution in [-0.2, 0) is 6.42 Å². The van der Waals surface area contributed by atoms with Gasteiger partial charge >= 0.3 is 0 Å². The average molecular weight is 251 g/mol. The van der Waals surface area contributed by atoms with E-state index in [4.69, 9.17) is 4.74 Å². The summed E-state index contributed by atoms with van der Waals surface area (Å²) >= 11 is 0. The Hall–Kier alpha value is -1.06. The second-order valence-corrected chi connectivity index (χ2v) is 5.49. The molecule has 2 N–H and O–H groups in total. The molecule has 0 bridgehead atoms. The number of benzene rings is 1. The summed E-state index contributed by atoms with van der Waals surface area (Å²) in [5, 5.41) is 12.5. The largest absolute Gasteiger partial charge is 0.496 e. The van der Waals surface area contributed by atoms with Crippen LogP contribution in [0.4, 0.5) is 0 Å². The second kappa shape index (κ2) is 6.21. The Bertz CT molecular complexity index is 400. The Morgan fingerprint density at radius 3 is 2.50 bits per heavy atom. The minimum Gasteiger partial charge on any atom is -0.496 e. The number of aryl methyl sites for hydroxylation is 2. The summed E-state index contributed by atoms with van der Waals surface area (Å²) in [7, 11) is 1.71. The normalized spacial score (nSPS) is 11.7. The van der Waals surface area contributed by atoms with E-state index in [0.29, 0.717) is 0 Å². The molecule has 0 fully saturated rings. The van der Waals surface area contributed by atoms with Gasteiger partial charge in [0, 0.05) is 5.54 Å². The van der Waals surface area contributed by atoms with E-state index in [0.717, 1.165) is 18.7 Å². The van der Waals surface area contributed by atoms with E-state index in [1.165, 1.54) is 16.7 Å². The number of aliphatic hydroxyl groups excluding tert-OH is 1. The van der Waals surface area contributed by atoms with Crippen molar-refractivity contribution in [1.82, 2.24) is 5.32 Å². The van der Waals surface area contributed by atoms with E-state index in [1.807, 2.05) is 13.8 Å². The minimum absolute atomic E-state index is 0.136. The highest BCUT2D eigenvalue weighted by atomic mass is 16.5. The van der Waals surface area contributed by atoms with Gasteiger partial charge in [-0.3, -0.25) is 0 Å². The summed E-state index contributed by atoms with van der Waals surface area (Å²) in [6.07, 6.45) is 0.898. The highest BCUT2D eigenvalue weighted by Crippen LogP contribution is 2.25. The highest BCUT2D eigenvalue weighted by Gasteiger charge is 2.15. The first-order chi connectivity index (χ1) is 8.39. The van der Waals surface area contributed by atoms with E-state index < -0.39 is 0 Å². The van der Waals surface area contributed by atoms with Crippen LogP contribution in [0, 0.1) is 13.8 Å².